The SMILES string of the molecule is CNC1C(=O)N(Cc2ccno2)CCc2ncoc21.CNC1C(=O)N(Cc2cnco2)CCc2ncoc21.CNC1C(=O)N(Cc2cncs2)CCc2ncoc21.CNC1C(=O)N(Cc2ncc[nH]2)CCc2ncoc21.CNC1C(=O)N(Cc2ncco2)CCc2ncoc21.CNC1C(=O)N(Cc2nccs2)CCc2ncoc21. The first kappa shape index (κ1) is 80.0. The molecule has 600 valence electrons. The molecule has 6 unspecified atom stereocenters. The number of amides is 6. The molecule has 12 aromatic rings. The Morgan fingerprint density at radius 3 is 1.12 bits per heavy atom. The zero-order chi connectivity index (χ0) is 79.5. The van der Waals surface area contributed by atoms with Crippen molar-refractivity contribution < 1.29 is 68.6 Å². The average Bonchev–Trinajstić information content (AvgIpc) is 1.70. The van der Waals surface area contributed by atoms with Gasteiger partial charge in [-0.3, -0.25) is 33.8 Å². The molecular weight excluding hydrogens is 1520 g/mol. The zero-order valence-electron chi connectivity index (χ0n) is 63.1. The number of fused-ring (bicyclic) bond motifs is 6. The lowest BCUT2D eigenvalue weighted by molar-refractivity contribution is -0.135. The standard InChI is InChI=1S/C12H15N5O2.3C12H14N4O3.2C12H14N4O2S/c1-13-10-11-8(16-7-19-11)2-5-17(12(10)18)6-9-14-3-4-15-9;1-13-10-11-8(15-7-19-11)2-4-16(12(10)17)6-9-14-3-5-18-9;1-13-10-11-9(14-7-18-11)3-5-16(12(10)17)6-8-2-4-15-19-8;1-13-10-11-9(15-7-19-11)2-3-16(12(10)17)5-8-4-14-6-18-8;1-13-10-11-8(15-7-18-11)2-4-16(12(10)17)6-9-14-3-5-19-9;1-13-10-11-9(15-6-18-11)2-3-16(12(10)17)5-8-4-14-7-19-8/h3-4,7,10,13H,2,5-6H2,1H3,(H,14,15);3,5,7,10,13H,2,4,6H2,1H3;2,4,7,10,13H,3,5-6H2,1H3;4,6-7,10,13H,2-3,5H2,1H3;3,5,7,10,13H,2,4,6H2,1H3;4,6-7,10,13H,2-3,5H2,1H3. The molecule has 18 heterocycles. The van der Waals surface area contributed by atoms with Gasteiger partial charge < -0.3 is 106 Å². The summed E-state index contributed by atoms with van der Waals surface area (Å²) >= 11 is 3.11. The molecule has 0 aliphatic carbocycles. The molecule has 6 amide bonds. The quantitative estimate of drug-likeness (QED) is 0.0643. The van der Waals surface area contributed by atoms with Gasteiger partial charge in [0.15, 0.2) is 85.1 Å². The number of thiazole rings is 2. The molecule has 6 aliphatic heterocycles. The highest BCUT2D eigenvalue weighted by Crippen LogP contribution is 2.32. The van der Waals surface area contributed by atoms with Crippen LogP contribution in [0.15, 0.2) is 151 Å². The molecule has 0 spiro atoms. The summed E-state index contributed by atoms with van der Waals surface area (Å²) in [5.41, 5.74) is 6.81. The molecule has 12 aromatic heterocycles. The van der Waals surface area contributed by atoms with E-state index >= 15 is 0 Å². The third-order valence-electron chi connectivity index (χ3n) is 19.4. The van der Waals surface area contributed by atoms with Crippen LogP contribution in [0.1, 0.15) is 138 Å². The Labute approximate surface area is 658 Å². The van der Waals surface area contributed by atoms with Crippen molar-refractivity contribution in [2.45, 2.75) is 114 Å². The number of H-pyrrole nitrogens is 1. The van der Waals surface area contributed by atoms with Crippen molar-refractivity contribution in [3.63, 3.8) is 0 Å². The first-order valence-corrected chi connectivity index (χ1v) is 38.2. The lowest BCUT2D eigenvalue weighted by Crippen LogP contribution is -2.38. The van der Waals surface area contributed by atoms with Gasteiger partial charge in [0.05, 0.1) is 97.5 Å². The van der Waals surface area contributed by atoms with E-state index < -0.39 is 36.3 Å². The van der Waals surface area contributed by atoms with Crippen LogP contribution >= 0.6 is 22.7 Å². The van der Waals surface area contributed by atoms with Gasteiger partial charge in [-0.25, -0.2) is 49.8 Å². The van der Waals surface area contributed by atoms with Crippen LogP contribution in [0.25, 0.3) is 0 Å². The van der Waals surface area contributed by atoms with Crippen LogP contribution in [-0.4, -0.2) is 211 Å². The highest BCUT2D eigenvalue weighted by molar-refractivity contribution is 7.09. The monoisotopic (exact) mass is 1600 g/mol. The lowest BCUT2D eigenvalue weighted by Gasteiger charge is -2.22. The number of carbonyl (C=O) groups excluding carboxylic acids is 6. The van der Waals surface area contributed by atoms with E-state index in [4.69, 9.17) is 39.9 Å². The van der Waals surface area contributed by atoms with E-state index in [0.29, 0.717) is 169 Å². The van der Waals surface area contributed by atoms with Gasteiger partial charge in [0.1, 0.15) is 59.1 Å². The Morgan fingerprint density at radius 2 is 0.789 bits per heavy atom. The highest BCUT2D eigenvalue weighted by atomic mass is 32.1. The van der Waals surface area contributed by atoms with E-state index in [1.165, 1.54) is 51.0 Å². The van der Waals surface area contributed by atoms with Gasteiger partial charge in [-0.15, -0.1) is 22.7 Å². The number of hydrogen-bond acceptors (Lipinski definition) is 35. The second kappa shape index (κ2) is 38.4. The fraction of sp³-hybridized carbons (Fsp3) is 0.417. The van der Waals surface area contributed by atoms with Crippen LogP contribution < -0.4 is 31.9 Å². The van der Waals surface area contributed by atoms with E-state index in [9.17, 15) is 28.8 Å². The van der Waals surface area contributed by atoms with Gasteiger partial charge in [-0.05, 0) is 42.3 Å². The molecule has 7 N–H and O–H groups in total. The molecule has 0 saturated carbocycles. The van der Waals surface area contributed by atoms with Crippen molar-refractivity contribution in [1.82, 2.24) is 126 Å². The summed E-state index contributed by atoms with van der Waals surface area (Å²) in [6, 6.07) is -1.13. The van der Waals surface area contributed by atoms with Crippen molar-refractivity contribution in [1.29, 1.82) is 0 Å². The summed E-state index contributed by atoms with van der Waals surface area (Å²) in [6.45, 7) is 6.38. The van der Waals surface area contributed by atoms with Crippen LogP contribution in [0.4, 0.5) is 0 Å². The zero-order valence-corrected chi connectivity index (χ0v) is 64.7. The smallest absolute Gasteiger partial charge is 0.248 e. The number of carbonyl (C=O) groups is 6. The Morgan fingerprint density at radius 1 is 0.386 bits per heavy atom. The molecule has 6 atom stereocenters. The first-order valence-electron chi connectivity index (χ1n) is 36.5. The normalized spacial score (nSPS) is 19.3. The fourth-order valence-electron chi connectivity index (χ4n) is 13.6. The van der Waals surface area contributed by atoms with Gasteiger partial charge in [-0.2, -0.15) is 0 Å². The predicted octanol–water partition coefficient (Wildman–Crippen LogP) is 3.72. The number of aromatic nitrogens is 13. The molecule has 0 bridgehead atoms. The minimum absolute atomic E-state index is 0.00759. The molecular formula is C72H85N25O15S2. The first-order chi connectivity index (χ1) is 55.8. The van der Waals surface area contributed by atoms with Gasteiger partial charge in [-0.1, -0.05) is 5.16 Å². The summed E-state index contributed by atoms with van der Waals surface area (Å²) in [6.07, 6.45) is 27.1. The van der Waals surface area contributed by atoms with Crippen LogP contribution in [0.3, 0.4) is 0 Å². The molecule has 42 heteroatoms. The number of imidazole rings is 1. The summed E-state index contributed by atoms with van der Waals surface area (Å²) in [5, 5.41) is 24.4. The maximum absolute atomic E-state index is 12.5. The molecule has 0 saturated heterocycles. The molecule has 6 aliphatic rings. The number of hydrogen-bond donors (Lipinski definition) is 7. The van der Waals surface area contributed by atoms with Crippen molar-refractivity contribution in [2.75, 3.05) is 81.6 Å². The molecule has 114 heavy (non-hydrogen) atoms. The van der Waals surface area contributed by atoms with Crippen LogP contribution in [-0.2, 0) is 107 Å². The number of likely N-dealkylation sites (N-methyl/N-ethyl adjacent to an activating group) is 6. The Kier molecular flexibility index (Phi) is 27.0. The van der Waals surface area contributed by atoms with Gasteiger partial charge in [0, 0.05) is 119 Å². The highest BCUT2D eigenvalue weighted by Gasteiger charge is 2.40. The van der Waals surface area contributed by atoms with Crippen molar-refractivity contribution >= 4 is 58.1 Å². The number of nitrogens with zero attached hydrogens (tertiary/aromatic N) is 18. The number of rotatable bonds is 18. The van der Waals surface area contributed by atoms with Crippen molar-refractivity contribution in [3.05, 3.63) is 213 Å². The van der Waals surface area contributed by atoms with E-state index in [1.807, 2.05) is 10.3 Å². The average molecular weight is 1600 g/mol. The maximum Gasteiger partial charge on any atom is 0.248 e. The number of aromatic amines is 1. The van der Waals surface area contributed by atoms with Crippen LogP contribution in [0, 0.1) is 0 Å². The summed E-state index contributed by atoms with van der Waals surface area (Å²) in [7, 11) is 10.4. The predicted molar refractivity (Wildman–Crippen MR) is 397 cm³/mol. The number of nitrogens with one attached hydrogen (secondary N) is 7. The summed E-state index contributed by atoms with van der Waals surface area (Å²) in [5.74, 6) is 6.17. The molecule has 0 aromatic carbocycles. The number of oxazole rings is 8. The lowest BCUT2D eigenvalue weighted by atomic mass is 10.1. The van der Waals surface area contributed by atoms with Crippen molar-refractivity contribution in [3.8, 4) is 0 Å². The van der Waals surface area contributed by atoms with E-state index in [2.05, 4.69) is 96.9 Å². The summed E-state index contributed by atoms with van der Waals surface area (Å²) in [4.78, 5) is 135. The third kappa shape index (κ3) is 18.8. The van der Waals surface area contributed by atoms with Crippen LogP contribution in [0.5, 0.6) is 0 Å². The molecule has 0 radical (unpaired) electrons. The van der Waals surface area contributed by atoms with E-state index in [0.717, 1.165) is 49.9 Å². The fourth-order valence-corrected chi connectivity index (χ4v) is 14.9. The minimum atomic E-state index is -0.505. The van der Waals surface area contributed by atoms with Gasteiger partial charge in [0.25, 0.3) is 0 Å². The van der Waals surface area contributed by atoms with Crippen molar-refractivity contribution in [2.24, 2.45) is 0 Å². The van der Waals surface area contributed by atoms with Crippen LogP contribution in [0.2, 0.25) is 0 Å². The van der Waals surface area contributed by atoms with Gasteiger partial charge >= 0.3 is 0 Å². The largest absolute Gasteiger partial charge is 0.447 e. The van der Waals surface area contributed by atoms with Gasteiger partial charge in [0.2, 0.25) is 41.3 Å². The Hall–Kier alpha value is -12.1. The summed E-state index contributed by atoms with van der Waals surface area (Å²) < 4.78 is 47.5. The second-order valence-electron chi connectivity index (χ2n) is 26.2. The van der Waals surface area contributed by atoms with E-state index in [1.54, 1.807) is 144 Å². The third-order valence-corrected chi connectivity index (χ3v) is 20.9. The molecule has 0 fully saturated rings. The second-order valence-corrected chi connectivity index (χ2v) is 28.1. The minimum Gasteiger partial charge on any atom is -0.447 e. The van der Waals surface area contributed by atoms with E-state index in [-0.39, 0.29) is 35.4 Å². The molecule has 18 rings (SSSR count). The maximum atomic E-state index is 12.5. The Balaban J connectivity index is 0.000000119. The Bertz CT molecular complexity index is 4180. The topological polar surface area (TPSA) is 483 Å². The molecule has 40 nitrogen and oxygen atoms in total.